The number of nitrogens with zero attached hydrogens (tertiary/aromatic N) is 2. The van der Waals surface area contributed by atoms with Crippen LogP contribution in [0.5, 0.6) is 5.75 Å². The molecule has 1 saturated heterocycles. The molecule has 20 heavy (non-hydrogen) atoms. The van der Waals surface area contributed by atoms with Gasteiger partial charge in [-0.05, 0) is 37.6 Å². The average molecular weight is 278 g/mol. The largest absolute Gasteiger partial charge is 0.508 e. The van der Waals surface area contributed by atoms with Crippen LogP contribution in [-0.2, 0) is 0 Å². The molecule has 2 rings (SSSR count). The van der Waals surface area contributed by atoms with Gasteiger partial charge in [-0.2, -0.15) is 0 Å². The van der Waals surface area contributed by atoms with Crippen molar-refractivity contribution < 1.29 is 15.0 Å². The lowest BCUT2D eigenvalue weighted by Gasteiger charge is -2.34. The van der Waals surface area contributed by atoms with Crippen LogP contribution in [0.2, 0.25) is 0 Å². The predicted octanol–water partition coefficient (Wildman–Crippen LogP) is 0.922. The van der Waals surface area contributed by atoms with Gasteiger partial charge in [-0.15, -0.1) is 0 Å². The van der Waals surface area contributed by atoms with Gasteiger partial charge in [0.2, 0.25) is 0 Å². The molecule has 1 amide bonds. The van der Waals surface area contributed by atoms with Gasteiger partial charge in [0.15, 0.2) is 0 Å². The van der Waals surface area contributed by atoms with Crippen LogP contribution in [0.1, 0.15) is 23.2 Å². The van der Waals surface area contributed by atoms with Gasteiger partial charge in [0.1, 0.15) is 5.75 Å². The molecule has 0 radical (unpaired) electrons. The fraction of sp³-hybridized carbons (Fsp3) is 0.533. The molecule has 5 heteroatoms. The summed E-state index contributed by atoms with van der Waals surface area (Å²) in [5.41, 5.74) is 0.540. The molecule has 0 saturated carbocycles. The number of phenolic OH excluding ortho intramolecular Hbond substituents is 1. The van der Waals surface area contributed by atoms with E-state index >= 15 is 0 Å². The molecule has 110 valence electrons. The number of hydrogen-bond acceptors (Lipinski definition) is 4. The Balaban J connectivity index is 1.83. The minimum absolute atomic E-state index is 0.0177. The minimum atomic E-state index is -0.0177. The van der Waals surface area contributed by atoms with Crippen molar-refractivity contribution >= 4 is 5.91 Å². The van der Waals surface area contributed by atoms with Gasteiger partial charge in [-0.3, -0.25) is 9.69 Å². The Morgan fingerprint density at radius 3 is 2.55 bits per heavy atom. The second-order valence-electron chi connectivity index (χ2n) is 5.11. The molecule has 1 heterocycles. The molecule has 0 unspecified atom stereocenters. The maximum absolute atomic E-state index is 12.3. The number of aromatic hydroxyl groups is 1. The van der Waals surface area contributed by atoms with Crippen molar-refractivity contribution in [1.82, 2.24) is 9.80 Å². The molecule has 5 nitrogen and oxygen atoms in total. The van der Waals surface area contributed by atoms with Gasteiger partial charge in [0.05, 0.1) is 0 Å². The molecule has 0 aliphatic carbocycles. The molecule has 1 aliphatic rings. The lowest BCUT2D eigenvalue weighted by atomic mass is 10.1. The number of unbranched alkanes of at least 4 members (excludes halogenated alkanes) is 1. The predicted molar refractivity (Wildman–Crippen MR) is 76.8 cm³/mol. The smallest absolute Gasteiger partial charge is 0.254 e. The highest BCUT2D eigenvalue weighted by Gasteiger charge is 2.21. The van der Waals surface area contributed by atoms with E-state index in [0.717, 1.165) is 32.5 Å². The van der Waals surface area contributed by atoms with E-state index < -0.39 is 0 Å². The fourth-order valence-electron chi connectivity index (χ4n) is 2.44. The second kappa shape index (κ2) is 7.26. The number of phenols is 1. The first kappa shape index (κ1) is 14.8. The topological polar surface area (TPSA) is 64.0 Å². The Morgan fingerprint density at radius 1 is 1.15 bits per heavy atom. The maximum Gasteiger partial charge on any atom is 0.254 e. The van der Waals surface area contributed by atoms with Gasteiger partial charge >= 0.3 is 0 Å². The summed E-state index contributed by atoms with van der Waals surface area (Å²) in [4.78, 5) is 16.4. The third-order valence-corrected chi connectivity index (χ3v) is 3.64. The number of hydrogen-bond donors (Lipinski definition) is 2. The molecule has 2 N–H and O–H groups in total. The van der Waals surface area contributed by atoms with Crippen molar-refractivity contribution in [3.8, 4) is 5.75 Å². The minimum Gasteiger partial charge on any atom is -0.508 e. The van der Waals surface area contributed by atoms with Crippen LogP contribution >= 0.6 is 0 Å². The Bertz CT molecular complexity index is 442. The molecule has 1 aliphatic heterocycles. The lowest BCUT2D eigenvalue weighted by Crippen LogP contribution is -2.48. The van der Waals surface area contributed by atoms with Crippen LogP contribution in [0.3, 0.4) is 0 Å². The van der Waals surface area contributed by atoms with E-state index in [9.17, 15) is 9.90 Å². The highest BCUT2D eigenvalue weighted by molar-refractivity contribution is 5.94. The van der Waals surface area contributed by atoms with Crippen molar-refractivity contribution in [1.29, 1.82) is 0 Å². The number of aliphatic hydroxyl groups excluding tert-OH is 1. The van der Waals surface area contributed by atoms with Gasteiger partial charge in [0, 0.05) is 38.3 Å². The number of carbonyl (C=O) groups is 1. The van der Waals surface area contributed by atoms with Crippen LogP contribution in [0.15, 0.2) is 24.3 Å². The third-order valence-electron chi connectivity index (χ3n) is 3.64. The van der Waals surface area contributed by atoms with E-state index in [1.54, 1.807) is 18.2 Å². The van der Waals surface area contributed by atoms with Crippen molar-refractivity contribution in [2.75, 3.05) is 39.3 Å². The first-order valence-electron chi connectivity index (χ1n) is 7.12. The molecule has 1 fully saturated rings. The maximum atomic E-state index is 12.3. The van der Waals surface area contributed by atoms with E-state index in [2.05, 4.69) is 4.90 Å². The van der Waals surface area contributed by atoms with Crippen molar-refractivity contribution in [2.24, 2.45) is 0 Å². The second-order valence-corrected chi connectivity index (χ2v) is 5.11. The Hall–Kier alpha value is -1.59. The highest BCUT2D eigenvalue weighted by Crippen LogP contribution is 2.14. The summed E-state index contributed by atoms with van der Waals surface area (Å²) in [6, 6.07) is 6.50. The number of aliphatic hydroxyl groups is 1. The van der Waals surface area contributed by atoms with Gasteiger partial charge in [-0.1, -0.05) is 6.07 Å². The Morgan fingerprint density at radius 2 is 1.90 bits per heavy atom. The summed E-state index contributed by atoms with van der Waals surface area (Å²) < 4.78 is 0. The summed E-state index contributed by atoms with van der Waals surface area (Å²) in [5.74, 6) is 0.106. The zero-order valence-electron chi connectivity index (χ0n) is 11.7. The molecule has 0 bridgehead atoms. The summed E-state index contributed by atoms with van der Waals surface area (Å²) in [5, 5.41) is 18.2. The van der Waals surface area contributed by atoms with E-state index in [-0.39, 0.29) is 18.3 Å². The molecular weight excluding hydrogens is 256 g/mol. The van der Waals surface area contributed by atoms with Crippen LogP contribution in [0.25, 0.3) is 0 Å². The zero-order valence-corrected chi connectivity index (χ0v) is 11.7. The molecule has 1 aromatic rings. The number of piperazine rings is 1. The zero-order chi connectivity index (χ0) is 14.4. The van der Waals surface area contributed by atoms with E-state index in [1.165, 1.54) is 6.07 Å². The first-order chi connectivity index (χ1) is 9.70. The van der Waals surface area contributed by atoms with E-state index in [1.807, 2.05) is 4.90 Å². The van der Waals surface area contributed by atoms with Gasteiger partial charge in [0.25, 0.3) is 5.91 Å². The first-order valence-corrected chi connectivity index (χ1v) is 7.12. The summed E-state index contributed by atoms with van der Waals surface area (Å²) >= 11 is 0. The Kier molecular flexibility index (Phi) is 5.38. The number of rotatable bonds is 5. The molecule has 0 spiro atoms. The summed E-state index contributed by atoms with van der Waals surface area (Å²) in [6.07, 6.45) is 1.83. The van der Waals surface area contributed by atoms with Crippen molar-refractivity contribution in [3.05, 3.63) is 29.8 Å². The van der Waals surface area contributed by atoms with Gasteiger partial charge < -0.3 is 15.1 Å². The highest BCUT2D eigenvalue weighted by atomic mass is 16.3. The standard InChI is InChI=1S/C15H22N2O3/c18-11-2-1-6-16-7-9-17(10-8-16)15(20)13-4-3-5-14(19)12-13/h3-5,12,18-19H,1-2,6-11H2. The average Bonchev–Trinajstić information content (AvgIpc) is 2.47. The summed E-state index contributed by atoms with van der Waals surface area (Å²) in [6.45, 7) is 4.40. The van der Waals surface area contributed by atoms with Crippen LogP contribution in [0.4, 0.5) is 0 Å². The van der Waals surface area contributed by atoms with E-state index in [0.29, 0.717) is 18.7 Å². The van der Waals surface area contributed by atoms with Crippen molar-refractivity contribution in [2.45, 2.75) is 12.8 Å². The number of amides is 1. The fourth-order valence-corrected chi connectivity index (χ4v) is 2.44. The number of benzene rings is 1. The quantitative estimate of drug-likeness (QED) is 0.786. The lowest BCUT2D eigenvalue weighted by molar-refractivity contribution is 0.0633. The molecule has 1 aromatic carbocycles. The molecular formula is C15H22N2O3. The van der Waals surface area contributed by atoms with E-state index in [4.69, 9.17) is 5.11 Å². The number of carbonyl (C=O) groups excluding carboxylic acids is 1. The normalized spacial score (nSPS) is 16.4. The third kappa shape index (κ3) is 3.95. The Labute approximate surface area is 119 Å². The van der Waals surface area contributed by atoms with Crippen molar-refractivity contribution in [3.63, 3.8) is 0 Å². The van der Waals surface area contributed by atoms with Crippen LogP contribution in [-0.4, -0.2) is 65.3 Å². The SMILES string of the molecule is O=C(c1cccc(O)c1)N1CCN(CCCCO)CC1. The molecule has 0 atom stereocenters. The van der Waals surface area contributed by atoms with Gasteiger partial charge in [-0.25, -0.2) is 0 Å². The summed E-state index contributed by atoms with van der Waals surface area (Å²) in [7, 11) is 0. The monoisotopic (exact) mass is 278 g/mol. The van der Waals surface area contributed by atoms with Crippen LogP contribution in [0, 0.1) is 0 Å². The molecule has 0 aromatic heterocycles. The van der Waals surface area contributed by atoms with Crippen LogP contribution < -0.4 is 0 Å².